The van der Waals surface area contributed by atoms with Crippen LogP contribution in [0.25, 0.3) is 0 Å². The number of rotatable bonds is 7. The van der Waals surface area contributed by atoms with Gasteiger partial charge in [0.1, 0.15) is 0 Å². The van der Waals surface area contributed by atoms with E-state index in [1.165, 1.54) is 18.5 Å². The molecule has 0 aromatic carbocycles. The maximum atomic E-state index is 5.99. The largest absolute Gasteiger partial charge is 0.368 e. The third kappa shape index (κ3) is 3.88. The van der Waals surface area contributed by atoms with Crippen LogP contribution in [0.15, 0.2) is 18.5 Å². The van der Waals surface area contributed by atoms with Crippen molar-refractivity contribution in [1.29, 1.82) is 0 Å². The molecule has 2 nitrogen and oxygen atoms in total. The molecule has 0 radical (unpaired) electrons. The summed E-state index contributed by atoms with van der Waals surface area (Å²) in [6.07, 6.45) is 7.31. The van der Waals surface area contributed by atoms with Gasteiger partial charge in [-0.1, -0.05) is 20.3 Å². The number of anilines is 1. The van der Waals surface area contributed by atoms with Crippen molar-refractivity contribution in [2.24, 2.45) is 0 Å². The molecule has 1 aromatic rings. The van der Waals surface area contributed by atoms with Gasteiger partial charge in [0.25, 0.3) is 0 Å². The number of aromatic nitrogens is 1. The van der Waals surface area contributed by atoms with Crippen molar-refractivity contribution in [1.82, 2.24) is 4.98 Å². The Morgan fingerprint density at radius 2 is 2.18 bits per heavy atom. The molecule has 0 fully saturated rings. The van der Waals surface area contributed by atoms with E-state index in [1.807, 2.05) is 12.4 Å². The molecule has 1 unspecified atom stereocenters. The molecule has 0 aliphatic heterocycles. The Balaban J connectivity index is 2.94. The molecule has 0 saturated carbocycles. The highest BCUT2D eigenvalue weighted by Crippen LogP contribution is 2.24. The van der Waals surface area contributed by atoms with Gasteiger partial charge in [0.2, 0.25) is 0 Å². The van der Waals surface area contributed by atoms with Crippen LogP contribution in [0.3, 0.4) is 0 Å². The van der Waals surface area contributed by atoms with E-state index in [0.717, 1.165) is 18.5 Å². The molecule has 1 heterocycles. The van der Waals surface area contributed by atoms with Crippen LogP contribution in [-0.4, -0.2) is 17.6 Å². The Morgan fingerprint density at radius 1 is 1.41 bits per heavy atom. The summed E-state index contributed by atoms with van der Waals surface area (Å²) in [4.78, 5) is 6.61. The summed E-state index contributed by atoms with van der Waals surface area (Å²) in [5.41, 5.74) is 2.38. The van der Waals surface area contributed by atoms with Gasteiger partial charge in [0.15, 0.2) is 0 Å². The normalized spacial score (nSPS) is 12.5. The van der Waals surface area contributed by atoms with E-state index < -0.39 is 0 Å². The summed E-state index contributed by atoms with van der Waals surface area (Å²) in [6.45, 7) is 7.82. The molecular weight excluding hydrogens is 232 g/mol. The lowest BCUT2D eigenvalue weighted by molar-refractivity contribution is 0.594. The molecule has 1 atom stereocenters. The Labute approximate surface area is 110 Å². The van der Waals surface area contributed by atoms with Gasteiger partial charge in [-0.3, -0.25) is 4.98 Å². The second-order valence-corrected chi connectivity index (χ2v) is 4.71. The molecule has 0 aliphatic carbocycles. The van der Waals surface area contributed by atoms with Crippen LogP contribution >= 0.6 is 11.6 Å². The molecule has 0 saturated heterocycles. The third-order valence-electron chi connectivity index (χ3n) is 3.21. The first-order valence-electron chi connectivity index (χ1n) is 6.50. The fourth-order valence-electron chi connectivity index (χ4n) is 1.93. The van der Waals surface area contributed by atoms with Gasteiger partial charge in [-0.15, -0.1) is 11.6 Å². The number of unbranched alkanes of at least 4 members (excludes halogenated alkanes) is 1. The quantitative estimate of drug-likeness (QED) is 0.677. The van der Waals surface area contributed by atoms with Crippen molar-refractivity contribution < 1.29 is 0 Å². The highest BCUT2D eigenvalue weighted by molar-refractivity contribution is 6.17. The van der Waals surface area contributed by atoms with Gasteiger partial charge in [-0.2, -0.15) is 0 Å². The van der Waals surface area contributed by atoms with Crippen molar-refractivity contribution in [3.63, 3.8) is 0 Å². The average molecular weight is 255 g/mol. The molecule has 96 valence electrons. The van der Waals surface area contributed by atoms with Crippen LogP contribution in [0, 0.1) is 0 Å². The van der Waals surface area contributed by atoms with Gasteiger partial charge in [0.05, 0.1) is 5.88 Å². The van der Waals surface area contributed by atoms with E-state index in [2.05, 4.69) is 36.7 Å². The van der Waals surface area contributed by atoms with Crippen molar-refractivity contribution in [2.45, 2.75) is 52.0 Å². The molecule has 3 heteroatoms. The minimum Gasteiger partial charge on any atom is -0.368 e. The van der Waals surface area contributed by atoms with Crippen LogP contribution in [-0.2, 0) is 5.88 Å². The van der Waals surface area contributed by atoms with Crippen LogP contribution in [0.1, 0.15) is 45.6 Å². The standard InChI is InChI=1S/C14H23ClN2/c1-4-6-9-17(12(3)5-2)14-7-8-16-11-13(14)10-15/h7-8,11-12H,4-6,9-10H2,1-3H3. The minimum atomic E-state index is 0.530. The van der Waals surface area contributed by atoms with Gasteiger partial charge in [-0.25, -0.2) is 0 Å². The second kappa shape index (κ2) is 7.54. The van der Waals surface area contributed by atoms with E-state index in [-0.39, 0.29) is 0 Å². The monoisotopic (exact) mass is 254 g/mol. The Bertz CT molecular complexity index is 328. The highest BCUT2D eigenvalue weighted by Gasteiger charge is 2.15. The zero-order valence-electron chi connectivity index (χ0n) is 11.1. The van der Waals surface area contributed by atoms with E-state index in [0.29, 0.717) is 11.9 Å². The van der Waals surface area contributed by atoms with Crippen molar-refractivity contribution in [3.8, 4) is 0 Å². The van der Waals surface area contributed by atoms with Gasteiger partial charge in [0, 0.05) is 36.2 Å². The first-order chi connectivity index (χ1) is 8.24. The highest BCUT2D eigenvalue weighted by atomic mass is 35.5. The summed E-state index contributed by atoms with van der Waals surface area (Å²) in [5.74, 6) is 0.530. The lowest BCUT2D eigenvalue weighted by atomic mass is 10.1. The van der Waals surface area contributed by atoms with Crippen molar-refractivity contribution in [2.75, 3.05) is 11.4 Å². The summed E-state index contributed by atoms with van der Waals surface area (Å²) in [7, 11) is 0. The number of hydrogen-bond donors (Lipinski definition) is 0. The smallest absolute Gasteiger partial charge is 0.0509 e. The SMILES string of the molecule is CCCCN(c1ccncc1CCl)C(C)CC. The Kier molecular flexibility index (Phi) is 6.35. The number of nitrogens with zero attached hydrogens (tertiary/aromatic N) is 2. The molecule has 0 N–H and O–H groups in total. The predicted molar refractivity (Wildman–Crippen MR) is 75.8 cm³/mol. The molecule has 0 bridgehead atoms. The summed E-state index contributed by atoms with van der Waals surface area (Å²) >= 11 is 5.99. The van der Waals surface area contributed by atoms with E-state index in [9.17, 15) is 0 Å². The van der Waals surface area contributed by atoms with Crippen molar-refractivity contribution >= 4 is 17.3 Å². The summed E-state index contributed by atoms with van der Waals surface area (Å²) in [5, 5.41) is 0. The first-order valence-corrected chi connectivity index (χ1v) is 7.03. The molecule has 0 spiro atoms. The maximum absolute atomic E-state index is 5.99. The summed E-state index contributed by atoms with van der Waals surface area (Å²) < 4.78 is 0. The number of alkyl halides is 1. The van der Waals surface area contributed by atoms with Crippen LogP contribution in [0.4, 0.5) is 5.69 Å². The Hall–Kier alpha value is -0.760. The van der Waals surface area contributed by atoms with Crippen molar-refractivity contribution in [3.05, 3.63) is 24.0 Å². The third-order valence-corrected chi connectivity index (χ3v) is 3.49. The molecule has 17 heavy (non-hydrogen) atoms. The van der Waals surface area contributed by atoms with Crippen LogP contribution in [0.2, 0.25) is 0 Å². The van der Waals surface area contributed by atoms with Gasteiger partial charge in [-0.05, 0) is 25.8 Å². The fourth-order valence-corrected chi connectivity index (χ4v) is 2.14. The number of pyridine rings is 1. The molecule has 0 aliphatic rings. The summed E-state index contributed by atoms with van der Waals surface area (Å²) in [6, 6.07) is 2.63. The van der Waals surface area contributed by atoms with E-state index in [1.54, 1.807) is 0 Å². The minimum absolute atomic E-state index is 0.530. The molecular formula is C14H23ClN2. The molecule has 1 rings (SSSR count). The second-order valence-electron chi connectivity index (χ2n) is 4.44. The predicted octanol–water partition coefficient (Wildman–Crippen LogP) is 4.23. The zero-order valence-corrected chi connectivity index (χ0v) is 11.9. The van der Waals surface area contributed by atoms with E-state index in [4.69, 9.17) is 11.6 Å². The first kappa shape index (κ1) is 14.3. The van der Waals surface area contributed by atoms with Gasteiger partial charge >= 0.3 is 0 Å². The fraction of sp³-hybridized carbons (Fsp3) is 0.643. The lowest BCUT2D eigenvalue weighted by Gasteiger charge is -2.32. The maximum Gasteiger partial charge on any atom is 0.0509 e. The van der Waals surface area contributed by atoms with Gasteiger partial charge < -0.3 is 4.90 Å². The van der Waals surface area contributed by atoms with Crippen LogP contribution < -0.4 is 4.90 Å². The lowest BCUT2D eigenvalue weighted by Crippen LogP contribution is -2.34. The number of hydrogen-bond acceptors (Lipinski definition) is 2. The molecule has 0 amide bonds. The Morgan fingerprint density at radius 3 is 2.76 bits per heavy atom. The molecule has 1 aromatic heterocycles. The number of halogens is 1. The van der Waals surface area contributed by atoms with Crippen LogP contribution in [0.5, 0.6) is 0 Å². The topological polar surface area (TPSA) is 16.1 Å². The zero-order chi connectivity index (χ0) is 12.7. The average Bonchev–Trinajstić information content (AvgIpc) is 2.39. The van der Waals surface area contributed by atoms with E-state index >= 15 is 0 Å².